The molecule has 1 heterocycles. The van der Waals surface area contributed by atoms with Gasteiger partial charge in [0.2, 0.25) is 0 Å². The first-order valence-electron chi connectivity index (χ1n) is 12.5. The van der Waals surface area contributed by atoms with E-state index in [1.165, 1.54) is 5.56 Å². The monoisotopic (exact) mass is 472 g/mol. The average molecular weight is 473 g/mol. The second-order valence-electron chi connectivity index (χ2n) is 9.39. The predicted octanol–water partition coefficient (Wildman–Crippen LogP) is 7.25. The Labute approximate surface area is 211 Å². The summed E-state index contributed by atoms with van der Waals surface area (Å²) in [7, 11) is 0. The fourth-order valence-corrected chi connectivity index (χ4v) is 5.27. The molecule has 0 aromatic heterocycles. The zero-order chi connectivity index (χ0) is 24.3. The largest absolute Gasteiger partial charge is 0.489 e. The van der Waals surface area contributed by atoms with Crippen LogP contribution in [-0.4, -0.2) is 5.78 Å². The number of hydrogen-bond donors (Lipinski definition) is 2. The van der Waals surface area contributed by atoms with Crippen LogP contribution < -0.4 is 15.4 Å². The fourth-order valence-electron chi connectivity index (χ4n) is 5.27. The zero-order valence-corrected chi connectivity index (χ0v) is 20.0. The number of rotatable bonds is 5. The molecule has 0 saturated carbocycles. The molecule has 0 bridgehead atoms. The number of fused-ring (bicyclic) bond motifs is 1. The number of para-hydroxylation sites is 3. The highest BCUT2D eigenvalue weighted by Crippen LogP contribution is 2.45. The number of nitrogens with one attached hydrogen (secondary N) is 2. The number of ketones is 1. The van der Waals surface area contributed by atoms with E-state index < -0.39 is 0 Å². The lowest BCUT2D eigenvalue weighted by Gasteiger charge is -2.30. The molecule has 2 atom stereocenters. The third-order valence-corrected chi connectivity index (χ3v) is 7.05. The number of carbonyl (C=O) groups excluding carboxylic acids is 1. The second kappa shape index (κ2) is 9.74. The molecule has 1 aliphatic carbocycles. The molecule has 0 spiro atoms. The van der Waals surface area contributed by atoms with E-state index in [2.05, 4.69) is 53.1 Å². The Morgan fingerprint density at radius 1 is 0.722 bits per heavy atom. The van der Waals surface area contributed by atoms with Crippen LogP contribution in [0.25, 0.3) is 0 Å². The lowest BCUT2D eigenvalue weighted by Crippen LogP contribution is -2.27. The maximum absolute atomic E-state index is 13.8. The van der Waals surface area contributed by atoms with E-state index in [0.717, 1.165) is 45.9 Å². The van der Waals surface area contributed by atoms with E-state index in [-0.39, 0.29) is 17.7 Å². The van der Waals surface area contributed by atoms with Crippen molar-refractivity contribution in [3.63, 3.8) is 0 Å². The first-order valence-corrected chi connectivity index (χ1v) is 12.5. The summed E-state index contributed by atoms with van der Waals surface area (Å²) in [5, 5.41) is 7.30. The van der Waals surface area contributed by atoms with E-state index in [9.17, 15) is 4.79 Å². The summed E-state index contributed by atoms with van der Waals surface area (Å²) in [4.78, 5) is 13.8. The quantitative estimate of drug-likeness (QED) is 0.321. The molecule has 0 fully saturated rings. The summed E-state index contributed by atoms with van der Waals surface area (Å²) < 4.78 is 6.32. The van der Waals surface area contributed by atoms with Crippen LogP contribution in [0.5, 0.6) is 5.75 Å². The lowest BCUT2D eigenvalue weighted by atomic mass is 9.78. The number of allylic oxidation sites excluding steroid dienone is 1. The number of benzene rings is 4. The Balaban J connectivity index is 1.41. The molecule has 0 amide bonds. The topological polar surface area (TPSA) is 50.4 Å². The third kappa shape index (κ3) is 4.38. The molecular formula is C32H28N2O2. The molecule has 178 valence electrons. The molecule has 2 N–H and O–H groups in total. The van der Waals surface area contributed by atoms with Crippen LogP contribution in [-0.2, 0) is 11.4 Å². The van der Waals surface area contributed by atoms with Gasteiger partial charge in [0, 0.05) is 23.3 Å². The lowest BCUT2D eigenvalue weighted by molar-refractivity contribution is -0.116. The van der Waals surface area contributed by atoms with Crippen LogP contribution in [0.1, 0.15) is 41.5 Å². The molecule has 2 aliphatic rings. The summed E-state index contributed by atoms with van der Waals surface area (Å²) >= 11 is 0. The van der Waals surface area contributed by atoms with Gasteiger partial charge in [-0.15, -0.1) is 0 Å². The van der Waals surface area contributed by atoms with E-state index in [4.69, 9.17) is 4.74 Å². The van der Waals surface area contributed by atoms with Gasteiger partial charge in [0.15, 0.2) is 5.78 Å². The predicted molar refractivity (Wildman–Crippen MR) is 144 cm³/mol. The summed E-state index contributed by atoms with van der Waals surface area (Å²) in [6.45, 7) is 0.468. The van der Waals surface area contributed by atoms with Crippen molar-refractivity contribution in [1.29, 1.82) is 0 Å². The van der Waals surface area contributed by atoms with Crippen molar-refractivity contribution >= 4 is 17.2 Å². The van der Waals surface area contributed by atoms with Crippen molar-refractivity contribution in [2.45, 2.75) is 31.4 Å². The Bertz CT molecular complexity index is 1410. The smallest absolute Gasteiger partial charge is 0.163 e. The highest BCUT2D eigenvalue weighted by Gasteiger charge is 2.37. The highest BCUT2D eigenvalue weighted by atomic mass is 16.5. The van der Waals surface area contributed by atoms with Crippen molar-refractivity contribution in [2.75, 3.05) is 10.6 Å². The fraction of sp³-hybridized carbons (Fsp3) is 0.156. The standard InChI is InChI=1S/C32H28N2O2/c35-29-20-24(23-13-5-2-6-14-23)19-28-31(29)32(34-27-17-9-8-16-26(27)33-28)25-15-7-10-18-30(25)36-21-22-11-3-1-4-12-22/h1-18,24,32-34H,19-21H2/t24-,32+/m0/s1. The highest BCUT2D eigenvalue weighted by molar-refractivity contribution is 6.01. The van der Waals surface area contributed by atoms with Crippen LogP contribution in [0.4, 0.5) is 11.4 Å². The summed E-state index contributed by atoms with van der Waals surface area (Å²) in [6, 6.07) is 36.4. The Morgan fingerprint density at radius 2 is 1.39 bits per heavy atom. The van der Waals surface area contributed by atoms with E-state index in [0.29, 0.717) is 13.0 Å². The van der Waals surface area contributed by atoms with Crippen molar-refractivity contribution in [3.05, 3.63) is 137 Å². The zero-order valence-electron chi connectivity index (χ0n) is 20.0. The van der Waals surface area contributed by atoms with Crippen LogP contribution in [0, 0.1) is 0 Å². The van der Waals surface area contributed by atoms with Gasteiger partial charge in [-0.1, -0.05) is 91.0 Å². The first kappa shape index (κ1) is 22.2. The number of carbonyl (C=O) groups is 1. The minimum absolute atomic E-state index is 0.153. The summed E-state index contributed by atoms with van der Waals surface area (Å²) in [5.74, 6) is 1.10. The first-order chi connectivity index (χ1) is 17.8. The van der Waals surface area contributed by atoms with Gasteiger partial charge in [0.05, 0.1) is 17.4 Å². The minimum atomic E-state index is -0.313. The van der Waals surface area contributed by atoms with Crippen molar-refractivity contribution < 1.29 is 9.53 Å². The van der Waals surface area contributed by atoms with Gasteiger partial charge in [-0.25, -0.2) is 0 Å². The number of anilines is 2. The van der Waals surface area contributed by atoms with E-state index >= 15 is 0 Å². The van der Waals surface area contributed by atoms with Gasteiger partial charge >= 0.3 is 0 Å². The number of hydrogen-bond acceptors (Lipinski definition) is 4. The maximum Gasteiger partial charge on any atom is 0.163 e. The van der Waals surface area contributed by atoms with Gasteiger partial charge in [0.25, 0.3) is 0 Å². The normalized spacial score (nSPS) is 18.8. The molecule has 0 radical (unpaired) electrons. The van der Waals surface area contributed by atoms with Crippen molar-refractivity contribution in [3.8, 4) is 5.75 Å². The van der Waals surface area contributed by atoms with Gasteiger partial charge < -0.3 is 15.4 Å². The molecule has 6 rings (SSSR count). The third-order valence-electron chi connectivity index (χ3n) is 7.05. The molecule has 36 heavy (non-hydrogen) atoms. The average Bonchev–Trinajstić information content (AvgIpc) is 3.10. The minimum Gasteiger partial charge on any atom is -0.489 e. The molecule has 4 aromatic rings. The van der Waals surface area contributed by atoms with Gasteiger partial charge in [0.1, 0.15) is 12.4 Å². The molecule has 4 nitrogen and oxygen atoms in total. The van der Waals surface area contributed by atoms with Gasteiger partial charge in [-0.3, -0.25) is 4.79 Å². The molecular weight excluding hydrogens is 444 g/mol. The number of Topliss-reactive ketones (excluding diaryl/α,β-unsaturated/α-hetero) is 1. The van der Waals surface area contributed by atoms with Crippen molar-refractivity contribution in [1.82, 2.24) is 0 Å². The Morgan fingerprint density at radius 3 is 2.19 bits per heavy atom. The van der Waals surface area contributed by atoms with Crippen LogP contribution >= 0.6 is 0 Å². The van der Waals surface area contributed by atoms with Gasteiger partial charge in [-0.2, -0.15) is 0 Å². The van der Waals surface area contributed by atoms with Crippen LogP contribution in [0.3, 0.4) is 0 Å². The van der Waals surface area contributed by atoms with Gasteiger partial charge in [-0.05, 0) is 41.7 Å². The number of ether oxygens (including phenoxy) is 1. The van der Waals surface area contributed by atoms with E-state index in [1.54, 1.807) is 0 Å². The molecule has 0 saturated heterocycles. The van der Waals surface area contributed by atoms with Crippen LogP contribution in [0.2, 0.25) is 0 Å². The van der Waals surface area contributed by atoms with E-state index in [1.807, 2.05) is 66.7 Å². The molecule has 0 unspecified atom stereocenters. The molecule has 4 aromatic carbocycles. The molecule has 4 heteroatoms. The van der Waals surface area contributed by atoms with Crippen LogP contribution in [0.15, 0.2) is 120 Å². The Kier molecular flexibility index (Phi) is 6.00. The summed E-state index contributed by atoms with van der Waals surface area (Å²) in [5.41, 5.74) is 7.01. The maximum atomic E-state index is 13.8. The summed E-state index contributed by atoms with van der Waals surface area (Å²) in [6.07, 6.45) is 1.27. The second-order valence-corrected chi connectivity index (χ2v) is 9.39. The SMILES string of the molecule is O=C1C[C@@H](c2ccccc2)CC2=C1[C@@H](c1ccccc1OCc1ccccc1)Nc1ccccc1N2. The molecule has 1 aliphatic heterocycles. The Hall–Kier alpha value is -4.31. The van der Waals surface area contributed by atoms with Crippen molar-refractivity contribution in [2.24, 2.45) is 0 Å².